The number of ether oxygens (including phenoxy) is 1. The van der Waals surface area contributed by atoms with E-state index in [1.54, 1.807) is 6.92 Å². The maximum atomic E-state index is 11.7. The number of nitrogen functional groups attached to an aromatic ring is 1. The van der Waals surface area contributed by atoms with E-state index in [1.807, 2.05) is 6.07 Å². The molecule has 6 heteroatoms. The van der Waals surface area contributed by atoms with Crippen molar-refractivity contribution in [2.75, 3.05) is 18.9 Å². The molecule has 0 saturated carbocycles. The van der Waals surface area contributed by atoms with Gasteiger partial charge in [-0.15, -0.1) is 0 Å². The Labute approximate surface area is 104 Å². The number of esters is 1. The van der Waals surface area contributed by atoms with Gasteiger partial charge in [-0.3, -0.25) is 9.59 Å². The van der Waals surface area contributed by atoms with Gasteiger partial charge in [-0.2, -0.15) is 5.26 Å². The van der Waals surface area contributed by atoms with E-state index in [0.29, 0.717) is 5.69 Å². The number of anilines is 1. The van der Waals surface area contributed by atoms with E-state index in [2.05, 4.69) is 10.1 Å². The second-order valence-electron chi connectivity index (χ2n) is 3.40. The van der Waals surface area contributed by atoms with E-state index in [9.17, 15) is 9.59 Å². The van der Waals surface area contributed by atoms with Gasteiger partial charge in [0.05, 0.1) is 12.2 Å². The normalized spacial score (nSPS) is 9.33. The predicted octanol–water partition coefficient (Wildman–Crippen LogP) is 0.433. The molecule has 0 atom stereocenters. The summed E-state index contributed by atoms with van der Waals surface area (Å²) in [5, 5.41) is 11.2. The van der Waals surface area contributed by atoms with Crippen molar-refractivity contribution >= 4 is 17.6 Å². The quantitative estimate of drug-likeness (QED) is 0.593. The van der Waals surface area contributed by atoms with Crippen LogP contribution in [0.4, 0.5) is 5.69 Å². The minimum atomic E-state index is -0.512. The van der Waals surface area contributed by atoms with Crippen LogP contribution < -0.4 is 11.1 Å². The van der Waals surface area contributed by atoms with Crippen molar-refractivity contribution in [3.05, 3.63) is 29.3 Å². The second kappa shape index (κ2) is 6.25. The van der Waals surface area contributed by atoms with Crippen LogP contribution in [0.15, 0.2) is 18.2 Å². The van der Waals surface area contributed by atoms with Gasteiger partial charge in [0.15, 0.2) is 0 Å². The molecule has 0 fully saturated rings. The fourth-order valence-electron chi connectivity index (χ4n) is 1.26. The Balaban J connectivity index is 2.68. The van der Waals surface area contributed by atoms with E-state index >= 15 is 0 Å². The molecule has 94 valence electrons. The number of carbonyl (C=O) groups excluding carboxylic acids is 2. The average molecular weight is 247 g/mol. The molecule has 0 spiro atoms. The van der Waals surface area contributed by atoms with E-state index in [4.69, 9.17) is 11.0 Å². The van der Waals surface area contributed by atoms with Crippen molar-refractivity contribution in [3.63, 3.8) is 0 Å². The number of rotatable bonds is 4. The number of carbonyl (C=O) groups is 2. The van der Waals surface area contributed by atoms with Gasteiger partial charge in [-0.25, -0.2) is 0 Å². The van der Waals surface area contributed by atoms with E-state index < -0.39 is 11.9 Å². The number of nitrogens with zero attached hydrogens (tertiary/aromatic N) is 1. The van der Waals surface area contributed by atoms with Crippen molar-refractivity contribution in [3.8, 4) is 6.07 Å². The Kier molecular flexibility index (Phi) is 4.69. The topological polar surface area (TPSA) is 105 Å². The maximum Gasteiger partial charge on any atom is 0.325 e. The van der Waals surface area contributed by atoms with Gasteiger partial charge in [0.2, 0.25) is 0 Å². The Bertz CT molecular complexity index is 506. The van der Waals surface area contributed by atoms with Crippen LogP contribution >= 0.6 is 0 Å². The highest BCUT2D eigenvalue weighted by molar-refractivity contribution is 5.96. The third kappa shape index (κ3) is 3.49. The molecular weight excluding hydrogens is 234 g/mol. The molecule has 0 radical (unpaired) electrons. The maximum absolute atomic E-state index is 11.7. The number of hydrogen-bond acceptors (Lipinski definition) is 5. The Morgan fingerprint density at radius 3 is 2.83 bits per heavy atom. The van der Waals surface area contributed by atoms with Crippen LogP contribution in [0, 0.1) is 11.3 Å². The first-order valence-electron chi connectivity index (χ1n) is 5.32. The highest BCUT2D eigenvalue weighted by atomic mass is 16.5. The largest absolute Gasteiger partial charge is 0.465 e. The zero-order valence-corrected chi connectivity index (χ0v) is 9.90. The molecule has 18 heavy (non-hydrogen) atoms. The molecule has 0 aliphatic rings. The van der Waals surface area contributed by atoms with Crippen molar-refractivity contribution < 1.29 is 14.3 Å². The van der Waals surface area contributed by atoms with Crippen molar-refractivity contribution in [1.29, 1.82) is 5.26 Å². The zero-order valence-electron chi connectivity index (χ0n) is 9.90. The number of amides is 1. The highest BCUT2D eigenvalue weighted by Crippen LogP contribution is 2.12. The lowest BCUT2D eigenvalue weighted by atomic mass is 10.1. The molecule has 0 bridgehead atoms. The van der Waals surface area contributed by atoms with Gasteiger partial charge >= 0.3 is 5.97 Å². The molecule has 1 rings (SSSR count). The molecule has 1 amide bonds. The standard InChI is InChI=1S/C12H13N3O3/c1-2-18-11(16)7-15-12(17)8-3-4-10(14)9(5-8)6-13/h3-5H,2,7,14H2,1H3,(H,15,17). The number of nitrogens with two attached hydrogens (primary N) is 1. The van der Waals surface area contributed by atoms with Crippen LogP contribution in [-0.4, -0.2) is 25.0 Å². The summed E-state index contributed by atoms with van der Waals surface area (Å²) < 4.78 is 4.67. The molecule has 0 aliphatic heterocycles. The molecule has 0 unspecified atom stereocenters. The molecule has 0 heterocycles. The fourth-order valence-corrected chi connectivity index (χ4v) is 1.26. The van der Waals surface area contributed by atoms with Crippen molar-refractivity contribution in [1.82, 2.24) is 5.32 Å². The summed E-state index contributed by atoms with van der Waals surface area (Å²) in [7, 11) is 0. The minimum absolute atomic E-state index is 0.209. The van der Waals surface area contributed by atoms with Gasteiger partial charge in [-0.05, 0) is 25.1 Å². The van der Waals surface area contributed by atoms with Gasteiger partial charge < -0.3 is 15.8 Å². The summed E-state index contributed by atoms with van der Waals surface area (Å²) in [4.78, 5) is 22.7. The molecule has 0 aromatic heterocycles. The van der Waals surface area contributed by atoms with Crippen LogP contribution in [0.2, 0.25) is 0 Å². The summed E-state index contributed by atoms with van der Waals surface area (Å²) in [6, 6.07) is 6.20. The molecule has 0 aliphatic carbocycles. The number of nitriles is 1. The summed E-state index contributed by atoms with van der Waals surface area (Å²) in [5.41, 5.74) is 6.33. The summed E-state index contributed by atoms with van der Waals surface area (Å²) in [6.45, 7) is 1.73. The summed E-state index contributed by atoms with van der Waals surface area (Å²) in [5.74, 6) is -0.971. The van der Waals surface area contributed by atoms with Gasteiger partial charge in [0.1, 0.15) is 12.6 Å². The Morgan fingerprint density at radius 1 is 1.50 bits per heavy atom. The van der Waals surface area contributed by atoms with Crippen LogP contribution in [0.5, 0.6) is 0 Å². The fraction of sp³-hybridized carbons (Fsp3) is 0.250. The molecule has 1 aromatic carbocycles. The van der Waals surface area contributed by atoms with Crippen LogP contribution in [0.25, 0.3) is 0 Å². The smallest absolute Gasteiger partial charge is 0.325 e. The van der Waals surface area contributed by atoms with Crippen LogP contribution in [-0.2, 0) is 9.53 Å². The van der Waals surface area contributed by atoms with E-state index in [1.165, 1.54) is 18.2 Å². The summed E-state index contributed by atoms with van der Waals surface area (Å²) in [6.07, 6.45) is 0. The first-order valence-corrected chi connectivity index (χ1v) is 5.32. The third-order valence-corrected chi connectivity index (χ3v) is 2.13. The van der Waals surface area contributed by atoms with E-state index in [0.717, 1.165) is 0 Å². The monoisotopic (exact) mass is 247 g/mol. The second-order valence-corrected chi connectivity index (χ2v) is 3.40. The first kappa shape index (κ1) is 13.5. The van der Waals surface area contributed by atoms with E-state index in [-0.39, 0.29) is 24.3 Å². The lowest BCUT2D eigenvalue weighted by molar-refractivity contribution is -0.141. The number of hydrogen-bond donors (Lipinski definition) is 2. The van der Waals surface area contributed by atoms with Crippen molar-refractivity contribution in [2.45, 2.75) is 6.92 Å². The van der Waals surface area contributed by atoms with Crippen LogP contribution in [0.1, 0.15) is 22.8 Å². The Morgan fingerprint density at radius 2 is 2.22 bits per heavy atom. The lowest BCUT2D eigenvalue weighted by Crippen LogP contribution is -2.30. The number of benzene rings is 1. The first-order chi connectivity index (χ1) is 8.58. The molecular formula is C12H13N3O3. The summed E-state index contributed by atoms with van der Waals surface area (Å²) >= 11 is 0. The van der Waals surface area contributed by atoms with Gasteiger partial charge in [-0.1, -0.05) is 0 Å². The zero-order chi connectivity index (χ0) is 13.5. The SMILES string of the molecule is CCOC(=O)CNC(=O)c1ccc(N)c(C#N)c1. The average Bonchev–Trinajstić information content (AvgIpc) is 2.37. The molecule has 0 saturated heterocycles. The lowest BCUT2D eigenvalue weighted by Gasteiger charge is -2.06. The van der Waals surface area contributed by atoms with Crippen LogP contribution in [0.3, 0.4) is 0 Å². The van der Waals surface area contributed by atoms with Crippen molar-refractivity contribution in [2.24, 2.45) is 0 Å². The third-order valence-electron chi connectivity index (χ3n) is 2.13. The Hall–Kier alpha value is -2.55. The highest BCUT2D eigenvalue weighted by Gasteiger charge is 2.10. The molecule has 3 N–H and O–H groups in total. The predicted molar refractivity (Wildman–Crippen MR) is 64.5 cm³/mol. The minimum Gasteiger partial charge on any atom is -0.465 e. The molecule has 1 aromatic rings. The number of nitrogens with one attached hydrogen (secondary N) is 1. The molecule has 6 nitrogen and oxygen atoms in total. The van der Waals surface area contributed by atoms with Gasteiger partial charge in [0.25, 0.3) is 5.91 Å². The van der Waals surface area contributed by atoms with Gasteiger partial charge in [0, 0.05) is 11.3 Å².